The van der Waals surface area contributed by atoms with Gasteiger partial charge >= 0.3 is 17.9 Å². The summed E-state index contributed by atoms with van der Waals surface area (Å²) in [6, 6.07) is 0. The van der Waals surface area contributed by atoms with Crippen LogP contribution >= 0.6 is 0 Å². The van der Waals surface area contributed by atoms with Crippen LogP contribution in [-0.4, -0.2) is 75.3 Å². The van der Waals surface area contributed by atoms with Crippen molar-refractivity contribution in [3.8, 4) is 0 Å². The number of carbonyl (C=O) groups is 4. The Bertz CT molecular complexity index is 1050. The predicted octanol–water partition coefficient (Wildman–Crippen LogP) is 0.133. The molecule has 0 unspecified atom stereocenters. The Morgan fingerprint density at radius 1 is 1.00 bits per heavy atom. The summed E-state index contributed by atoms with van der Waals surface area (Å²) in [7, 11) is 1.54. The van der Waals surface area contributed by atoms with Crippen molar-refractivity contribution in [1.29, 1.82) is 0 Å². The summed E-state index contributed by atoms with van der Waals surface area (Å²) in [6.07, 6.45) is -1.44. The largest absolute Gasteiger partial charge is 0.463 e. The van der Waals surface area contributed by atoms with Gasteiger partial charge in [-0.25, -0.2) is 15.0 Å². The first-order valence-corrected chi connectivity index (χ1v) is 9.65. The summed E-state index contributed by atoms with van der Waals surface area (Å²) in [5.41, 5.74) is 0.600. The molecule has 0 aromatic carbocycles. The summed E-state index contributed by atoms with van der Waals surface area (Å²) < 4.78 is 23.3. The van der Waals surface area contributed by atoms with E-state index in [1.54, 1.807) is 7.05 Å². The van der Waals surface area contributed by atoms with E-state index in [2.05, 4.69) is 15.0 Å². The minimum Gasteiger partial charge on any atom is -0.463 e. The summed E-state index contributed by atoms with van der Waals surface area (Å²) in [5, 5.41) is 0. The number of ether oxygens (including phenoxy) is 4. The van der Waals surface area contributed by atoms with Crippen LogP contribution in [0, 0.1) is 0 Å². The van der Waals surface area contributed by atoms with Gasteiger partial charge in [-0.1, -0.05) is 0 Å². The molecule has 1 saturated heterocycles. The molecule has 0 spiro atoms. The average Bonchev–Trinajstić information content (AvgIpc) is 3.27. The smallest absolute Gasteiger partial charge is 0.303 e. The van der Waals surface area contributed by atoms with Gasteiger partial charge in [-0.3, -0.25) is 28.6 Å². The molecule has 1 aliphatic heterocycles. The summed E-state index contributed by atoms with van der Waals surface area (Å²) in [4.78, 5) is 60.5. The van der Waals surface area contributed by atoms with Crippen LogP contribution in [0.15, 0.2) is 12.7 Å². The fourth-order valence-corrected chi connectivity index (χ4v) is 3.34. The lowest BCUT2D eigenvalue weighted by atomic mass is 10.1. The first-order chi connectivity index (χ1) is 15.1. The molecule has 0 radical (unpaired) electrons. The fourth-order valence-electron chi connectivity index (χ4n) is 3.34. The van der Waals surface area contributed by atoms with Gasteiger partial charge in [-0.05, 0) is 0 Å². The lowest BCUT2D eigenvalue weighted by Gasteiger charge is -2.23. The van der Waals surface area contributed by atoms with Crippen LogP contribution in [-0.2, 0) is 38.1 Å². The molecule has 4 atom stereocenters. The van der Waals surface area contributed by atoms with Gasteiger partial charge in [-0.2, -0.15) is 0 Å². The number of imidazole rings is 1. The van der Waals surface area contributed by atoms with Gasteiger partial charge in [0.1, 0.15) is 19.0 Å². The number of amides is 1. The summed E-state index contributed by atoms with van der Waals surface area (Å²) in [5.74, 6) is -1.81. The molecule has 1 fully saturated rings. The molecule has 0 N–H and O–H groups in total. The standard InChI is InChI=1S/C19H23N5O8/c1-9(25)23(5)17-14-18(21-7-20-17)24(8-22-14)19-16(31-12(4)28)15(30-11(3)27)13(32-19)6-29-10(2)26/h7-8,13,15-16,19H,6H2,1-5H3/t13-,15-,16-,19-/m1/s1. The molecule has 0 saturated carbocycles. The van der Waals surface area contributed by atoms with E-state index in [9.17, 15) is 19.2 Å². The number of rotatable bonds is 6. The molecule has 2 aromatic heterocycles. The Labute approximate surface area is 182 Å². The highest BCUT2D eigenvalue weighted by Crippen LogP contribution is 2.36. The van der Waals surface area contributed by atoms with E-state index in [0.29, 0.717) is 11.2 Å². The molecule has 1 aliphatic rings. The van der Waals surface area contributed by atoms with Crippen LogP contribution in [0.2, 0.25) is 0 Å². The van der Waals surface area contributed by atoms with E-state index in [1.165, 1.54) is 49.8 Å². The molecule has 13 heteroatoms. The van der Waals surface area contributed by atoms with Crippen molar-refractivity contribution in [2.45, 2.75) is 52.2 Å². The fraction of sp³-hybridized carbons (Fsp3) is 0.526. The monoisotopic (exact) mass is 449 g/mol. The van der Waals surface area contributed by atoms with Gasteiger partial charge in [-0.15, -0.1) is 0 Å². The number of hydrogen-bond donors (Lipinski definition) is 0. The van der Waals surface area contributed by atoms with E-state index in [0.717, 1.165) is 0 Å². The highest BCUT2D eigenvalue weighted by atomic mass is 16.7. The first kappa shape index (κ1) is 23.1. The van der Waals surface area contributed by atoms with Crippen LogP contribution < -0.4 is 4.90 Å². The van der Waals surface area contributed by atoms with E-state index < -0.39 is 42.4 Å². The van der Waals surface area contributed by atoms with Gasteiger partial charge in [0.25, 0.3) is 0 Å². The highest BCUT2D eigenvalue weighted by Gasteiger charge is 2.51. The van der Waals surface area contributed by atoms with Gasteiger partial charge in [0, 0.05) is 34.7 Å². The maximum Gasteiger partial charge on any atom is 0.303 e. The van der Waals surface area contributed by atoms with Crippen molar-refractivity contribution in [2.75, 3.05) is 18.6 Å². The Morgan fingerprint density at radius 2 is 1.66 bits per heavy atom. The zero-order chi connectivity index (χ0) is 23.6. The maximum atomic E-state index is 11.8. The molecule has 1 amide bonds. The number of carbonyl (C=O) groups excluding carboxylic acids is 4. The van der Waals surface area contributed by atoms with Gasteiger partial charge in [0.15, 0.2) is 35.4 Å². The average molecular weight is 449 g/mol. The number of fused-ring (bicyclic) bond motifs is 1. The van der Waals surface area contributed by atoms with Crippen molar-refractivity contribution in [2.24, 2.45) is 0 Å². The normalized spacial score (nSPS) is 22.4. The van der Waals surface area contributed by atoms with Crippen molar-refractivity contribution in [3.05, 3.63) is 12.7 Å². The van der Waals surface area contributed by atoms with Crippen molar-refractivity contribution < 1.29 is 38.1 Å². The second kappa shape index (κ2) is 9.26. The maximum absolute atomic E-state index is 11.8. The topological polar surface area (TPSA) is 152 Å². The van der Waals surface area contributed by atoms with Gasteiger partial charge in [0.05, 0.1) is 6.33 Å². The predicted molar refractivity (Wildman–Crippen MR) is 106 cm³/mol. The van der Waals surface area contributed by atoms with Crippen molar-refractivity contribution in [3.63, 3.8) is 0 Å². The molecular formula is C19H23N5O8. The van der Waals surface area contributed by atoms with E-state index in [1.807, 2.05) is 0 Å². The Kier molecular flexibility index (Phi) is 6.67. The Morgan fingerprint density at radius 3 is 2.25 bits per heavy atom. The molecule has 0 aliphatic carbocycles. The number of aromatic nitrogens is 4. The van der Waals surface area contributed by atoms with E-state index in [-0.39, 0.29) is 18.3 Å². The van der Waals surface area contributed by atoms with Crippen LogP contribution in [0.4, 0.5) is 5.82 Å². The van der Waals surface area contributed by atoms with E-state index >= 15 is 0 Å². The van der Waals surface area contributed by atoms with Crippen LogP contribution in [0.25, 0.3) is 11.2 Å². The molecule has 3 rings (SSSR count). The zero-order valence-electron chi connectivity index (χ0n) is 18.2. The number of anilines is 1. The third kappa shape index (κ3) is 4.66. The minimum absolute atomic E-state index is 0.235. The molecule has 0 bridgehead atoms. The van der Waals surface area contributed by atoms with Crippen LogP contribution in [0.5, 0.6) is 0 Å². The third-order valence-corrected chi connectivity index (χ3v) is 4.74. The number of esters is 3. The molecule has 13 nitrogen and oxygen atoms in total. The molecular weight excluding hydrogens is 426 g/mol. The lowest BCUT2D eigenvalue weighted by Crippen LogP contribution is -2.40. The molecule has 2 aromatic rings. The van der Waals surface area contributed by atoms with E-state index in [4.69, 9.17) is 18.9 Å². The third-order valence-electron chi connectivity index (χ3n) is 4.74. The molecule has 172 valence electrons. The minimum atomic E-state index is -1.08. The van der Waals surface area contributed by atoms with Gasteiger partial charge in [0.2, 0.25) is 5.91 Å². The summed E-state index contributed by atoms with van der Waals surface area (Å²) >= 11 is 0. The summed E-state index contributed by atoms with van der Waals surface area (Å²) in [6.45, 7) is 4.77. The zero-order valence-corrected chi connectivity index (χ0v) is 18.2. The SMILES string of the molecule is CC(=O)OC[C@H]1O[C@@H](n2cnc3c(N(C)C(C)=O)ncnc32)[C@H](OC(C)=O)[C@@H]1OC(C)=O. The van der Waals surface area contributed by atoms with Gasteiger partial charge < -0.3 is 18.9 Å². The Balaban J connectivity index is 2.05. The first-order valence-electron chi connectivity index (χ1n) is 9.65. The second-order valence-corrected chi connectivity index (χ2v) is 7.12. The Hall–Kier alpha value is -3.61. The quantitative estimate of drug-likeness (QED) is 0.437. The van der Waals surface area contributed by atoms with Crippen molar-refractivity contribution >= 4 is 40.8 Å². The second-order valence-electron chi connectivity index (χ2n) is 7.12. The lowest BCUT2D eigenvalue weighted by molar-refractivity contribution is -0.166. The number of hydrogen-bond acceptors (Lipinski definition) is 11. The highest BCUT2D eigenvalue weighted by molar-refractivity contribution is 5.97. The van der Waals surface area contributed by atoms with Crippen LogP contribution in [0.3, 0.4) is 0 Å². The molecule has 3 heterocycles. The van der Waals surface area contributed by atoms with Crippen molar-refractivity contribution in [1.82, 2.24) is 19.5 Å². The van der Waals surface area contributed by atoms with Crippen LogP contribution in [0.1, 0.15) is 33.9 Å². The molecule has 32 heavy (non-hydrogen) atoms. The number of nitrogens with zero attached hydrogens (tertiary/aromatic N) is 5.